The Morgan fingerprint density at radius 2 is 2.04 bits per heavy atom. The van der Waals surface area contributed by atoms with Gasteiger partial charge in [-0.1, -0.05) is 6.08 Å². The minimum absolute atomic E-state index is 0. The maximum absolute atomic E-state index is 5.93. The van der Waals surface area contributed by atoms with E-state index in [1.807, 2.05) is 24.6 Å². The molecule has 1 heterocycles. The summed E-state index contributed by atoms with van der Waals surface area (Å²) in [6.45, 7) is 11.1. The summed E-state index contributed by atoms with van der Waals surface area (Å²) >= 11 is 0. The van der Waals surface area contributed by atoms with Crippen molar-refractivity contribution in [2.24, 2.45) is 12.0 Å². The molecule has 0 unspecified atom stereocenters. The normalized spacial score (nSPS) is 20.6. The molecule has 2 N–H and O–H groups in total. The summed E-state index contributed by atoms with van der Waals surface area (Å²) in [5.41, 5.74) is 0. The lowest BCUT2D eigenvalue weighted by Gasteiger charge is -2.31. The second-order valence-electron chi connectivity index (χ2n) is 6.86. The average molecular weight is 476 g/mol. The lowest BCUT2D eigenvalue weighted by atomic mass is 9.93. The zero-order valence-electron chi connectivity index (χ0n) is 16.4. The third-order valence-electron chi connectivity index (χ3n) is 4.45. The van der Waals surface area contributed by atoms with E-state index < -0.39 is 0 Å². The molecule has 1 saturated carbocycles. The van der Waals surface area contributed by atoms with Crippen molar-refractivity contribution in [1.29, 1.82) is 0 Å². The summed E-state index contributed by atoms with van der Waals surface area (Å²) in [4.78, 5) is 4.66. The molecule has 1 aromatic rings. The van der Waals surface area contributed by atoms with E-state index in [1.54, 1.807) is 0 Å². The second kappa shape index (κ2) is 11.5. The van der Waals surface area contributed by atoms with Crippen LogP contribution in [0.15, 0.2) is 17.6 Å². The number of aromatic nitrogens is 3. The van der Waals surface area contributed by atoms with Crippen LogP contribution in [0.2, 0.25) is 0 Å². The molecule has 0 aliphatic heterocycles. The van der Waals surface area contributed by atoms with E-state index in [4.69, 9.17) is 4.74 Å². The number of halogens is 1. The Morgan fingerprint density at radius 3 is 2.58 bits per heavy atom. The lowest BCUT2D eigenvalue weighted by Crippen LogP contribution is -2.45. The minimum Gasteiger partial charge on any atom is -0.376 e. The summed E-state index contributed by atoms with van der Waals surface area (Å²) in [6, 6.07) is 0.421. The molecule has 1 aliphatic carbocycles. The highest BCUT2D eigenvalue weighted by Gasteiger charge is 2.23. The zero-order chi connectivity index (χ0) is 18.2. The number of nitrogens with one attached hydrogen (secondary N) is 2. The van der Waals surface area contributed by atoms with Crippen LogP contribution in [0.1, 0.15) is 51.2 Å². The van der Waals surface area contributed by atoms with Gasteiger partial charge in [-0.25, -0.2) is 4.99 Å². The number of aliphatic imine (C=N–C) groups is 1. The van der Waals surface area contributed by atoms with Gasteiger partial charge < -0.3 is 19.9 Å². The van der Waals surface area contributed by atoms with Gasteiger partial charge in [0.2, 0.25) is 0 Å². The molecule has 1 aliphatic rings. The van der Waals surface area contributed by atoms with E-state index in [2.05, 4.69) is 46.2 Å². The zero-order valence-corrected chi connectivity index (χ0v) is 18.7. The van der Waals surface area contributed by atoms with Gasteiger partial charge >= 0.3 is 0 Å². The van der Waals surface area contributed by atoms with Crippen molar-refractivity contribution in [3.05, 3.63) is 24.3 Å². The number of aryl methyl sites for hydroxylation is 1. The van der Waals surface area contributed by atoms with Gasteiger partial charge in [-0.15, -0.1) is 40.8 Å². The molecule has 2 rings (SSSR count). The third kappa shape index (κ3) is 7.22. The number of rotatable bonds is 7. The average Bonchev–Trinajstić information content (AvgIpc) is 2.90. The number of hydrogen-bond acceptors (Lipinski definition) is 4. The first kappa shape index (κ1) is 22.9. The van der Waals surface area contributed by atoms with E-state index >= 15 is 0 Å². The first-order valence-corrected chi connectivity index (χ1v) is 9.15. The van der Waals surface area contributed by atoms with Crippen molar-refractivity contribution in [3.63, 3.8) is 0 Å². The van der Waals surface area contributed by atoms with E-state index in [0.717, 1.165) is 43.3 Å². The lowest BCUT2D eigenvalue weighted by molar-refractivity contribution is -0.0152. The van der Waals surface area contributed by atoms with Crippen LogP contribution in [0, 0.1) is 6.92 Å². The van der Waals surface area contributed by atoms with E-state index in [9.17, 15) is 0 Å². The summed E-state index contributed by atoms with van der Waals surface area (Å²) in [5.74, 6) is 2.54. The SMILES string of the molecule is C=CCNC(=NCc1nnc(C)n1C)NC1CCC(OC(C)C)CC1.I. The van der Waals surface area contributed by atoms with Crippen LogP contribution in [0.3, 0.4) is 0 Å². The number of hydrogen-bond donors (Lipinski definition) is 2. The van der Waals surface area contributed by atoms with Crippen molar-refractivity contribution in [2.75, 3.05) is 6.54 Å². The van der Waals surface area contributed by atoms with Gasteiger partial charge in [0.05, 0.1) is 12.2 Å². The first-order valence-electron chi connectivity index (χ1n) is 9.15. The second-order valence-corrected chi connectivity index (χ2v) is 6.86. The van der Waals surface area contributed by atoms with Crippen LogP contribution in [0.5, 0.6) is 0 Å². The van der Waals surface area contributed by atoms with Gasteiger partial charge in [-0.3, -0.25) is 0 Å². The van der Waals surface area contributed by atoms with Gasteiger partial charge in [-0.05, 0) is 46.5 Å². The molecular weight excluding hydrogens is 443 g/mol. The standard InChI is InChI=1S/C18H32N6O.HI/c1-6-11-19-18(20-12-17-23-22-14(4)24(17)5)21-15-7-9-16(10-8-15)25-13(2)3;/h6,13,15-16H,1,7-12H2,2-5H3,(H2,19,20,21);1H. The summed E-state index contributed by atoms with van der Waals surface area (Å²) in [6.07, 6.45) is 6.89. The monoisotopic (exact) mass is 476 g/mol. The summed E-state index contributed by atoms with van der Waals surface area (Å²) in [7, 11) is 1.96. The van der Waals surface area contributed by atoms with E-state index in [-0.39, 0.29) is 24.0 Å². The summed E-state index contributed by atoms with van der Waals surface area (Å²) in [5, 5.41) is 15.1. The Labute approximate surface area is 174 Å². The van der Waals surface area contributed by atoms with E-state index in [0.29, 0.717) is 31.3 Å². The van der Waals surface area contributed by atoms with Gasteiger partial charge in [-0.2, -0.15) is 0 Å². The molecule has 1 aromatic heterocycles. The Balaban J connectivity index is 0.00000338. The largest absolute Gasteiger partial charge is 0.376 e. The van der Waals surface area contributed by atoms with Crippen LogP contribution >= 0.6 is 24.0 Å². The molecule has 7 nitrogen and oxygen atoms in total. The van der Waals surface area contributed by atoms with Crippen molar-refractivity contribution in [3.8, 4) is 0 Å². The number of ether oxygens (including phenoxy) is 1. The fourth-order valence-corrected chi connectivity index (χ4v) is 2.98. The van der Waals surface area contributed by atoms with Crippen LogP contribution in [-0.4, -0.2) is 45.5 Å². The van der Waals surface area contributed by atoms with Crippen molar-refractivity contribution in [2.45, 2.75) is 71.2 Å². The molecule has 26 heavy (non-hydrogen) atoms. The molecule has 0 amide bonds. The highest BCUT2D eigenvalue weighted by atomic mass is 127. The fraction of sp³-hybridized carbons (Fsp3) is 0.722. The molecule has 8 heteroatoms. The van der Waals surface area contributed by atoms with Gasteiger partial charge in [0, 0.05) is 19.6 Å². The third-order valence-corrected chi connectivity index (χ3v) is 4.45. The number of nitrogens with zero attached hydrogens (tertiary/aromatic N) is 4. The molecule has 0 atom stereocenters. The van der Waals surface area contributed by atoms with Crippen molar-refractivity contribution < 1.29 is 4.74 Å². The Morgan fingerprint density at radius 1 is 1.35 bits per heavy atom. The van der Waals surface area contributed by atoms with Crippen LogP contribution in [0.4, 0.5) is 0 Å². The number of guanidine groups is 1. The van der Waals surface area contributed by atoms with Crippen LogP contribution in [0.25, 0.3) is 0 Å². The highest BCUT2D eigenvalue weighted by Crippen LogP contribution is 2.22. The van der Waals surface area contributed by atoms with Crippen LogP contribution in [-0.2, 0) is 18.3 Å². The van der Waals surface area contributed by atoms with Crippen molar-refractivity contribution >= 4 is 29.9 Å². The Bertz CT molecular complexity index is 578. The predicted octanol–water partition coefficient (Wildman–Crippen LogP) is 2.70. The maximum Gasteiger partial charge on any atom is 0.192 e. The van der Waals surface area contributed by atoms with Gasteiger partial charge in [0.15, 0.2) is 11.8 Å². The fourth-order valence-electron chi connectivity index (χ4n) is 2.98. The molecule has 0 aromatic carbocycles. The Kier molecular flexibility index (Phi) is 10.1. The first-order chi connectivity index (χ1) is 12.0. The topological polar surface area (TPSA) is 76.4 Å². The quantitative estimate of drug-likeness (QED) is 0.274. The molecule has 1 fully saturated rings. The predicted molar refractivity (Wildman–Crippen MR) is 116 cm³/mol. The molecule has 0 spiro atoms. The molecule has 0 bridgehead atoms. The van der Waals surface area contributed by atoms with Gasteiger partial charge in [0.1, 0.15) is 12.4 Å². The smallest absolute Gasteiger partial charge is 0.192 e. The minimum atomic E-state index is 0. The van der Waals surface area contributed by atoms with Gasteiger partial charge in [0.25, 0.3) is 0 Å². The maximum atomic E-state index is 5.93. The van der Waals surface area contributed by atoms with Crippen LogP contribution < -0.4 is 10.6 Å². The molecule has 0 saturated heterocycles. The summed E-state index contributed by atoms with van der Waals surface area (Å²) < 4.78 is 7.89. The Hall–Kier alpha value is -1.16. The molecular formula is C18H33IN6O. The van der Waals surface area contributed by atoms with Crippen molar-refractivity contribution in [1.82, 2.24) is 25.4 Å². The highest BCUT2D eigenvalue weighted by molar-refractivity contribution is 14.0. The molecule has 0 radical (unpaired) electrons. The molecule has 148 valence electrons. The van der Waals surface area contributed by atoms with E-state index in [1.165, 1.54) is 0 Å².